The van der Waals surface area contributed by atoms with Gasteiger partial charge < -0.3 is 15.7 Å². The van der Waals surface area contributed by atoms with Gasteiger partial charge in [-0.1, -0.05) is 13.8 Å². The number of pyridine rings is 1. The van der Waals surface area contributed by atoms with Gasteiger partial charge in [0.05, 0.1) is 29.3 Å². The highest BCUT2D eigenvalue weighted by Gasteiger charge is 2.18. The van der Waals surface area contributed by atoms with Crippen LogP contribution in [-0.4, -0.2) is 37.6 Å². The molecule has 2 aromatic heterocycles. The summed E-state index contributed by atoms with van der Waals surface area (Å²) in [5, 5.41) is 26.9. The van der Waals surface area contributed by atoms with Crippen molar-refractivity contribution in [1.82, 2.24) is 15.0 Å². The summed E-state index contributed by atoms with van der Waals surface area (Å²) in [4.78, 5) is 23.5. The van der Waals surface area contributed by atoms with Crippen LogP contribution in [0.5, 0.6) is 0 Å². The van der Waals surface area contributed by atoms with Gasteiger partial charge in [0.15, 0.2) is 0 Å². The van der Waals surface area contributed by atoms with Gasteiger partial charge in [-0.2, -0.15) is 4.98 Å². The third-order valence-corrected chi connectivity index (χ3v) is 4.44. The first-order chi connectivity index (χ1) is 14.4. The minimum absolute atomic E-state index is 0.0919. The Bertz CT molecular complexity index is 1030. The van der Waals surface area contributed by atoms with Crippen molar-refractivity contribution >= 4 is 23.1 Å². The van der Waals surface area contributed by atoms with E-state index in [0.717, 1.165) is 17.7 Å². The van der Waals surface area contributed by atoms with Crippen LogP contribution < -0.4 is 10.6 Å². The van der Waals surface area contributed by atoms with E-state index in [2.05, 4.69) is 25.6 Å². The fourth-order valence-corrected chi connectivity index (χ4v) is 2.73. The van der Waals surface area contributed by atoms with Gasteiger partial charge in [-0.25, -0.2) is 9.37 Å². The summed E-state index contributed by atoms with van der Waals surface area (Å²) in [6.45, 7) is 3.77. The highest BCUT2D eigenvalue weighted by Crippen LogP contribution is 2.29. The number of nitro benzene ring substituents is 1. The minimum atomic E-state index is -0.711. The van der Waals surface area contributed by atoms with Gasteiger partial charge in [-0.3, -0.25) is 15.1 Å². The first kappa shape index (κ1) is 21.1. The van der Waals surface area contributed by atoms with Crippen molar-refractivity contribution in [1.29, 1.82) is 0 Å². The average molecular weight is 412 g/mol. The molecule has 2 heterocycles. The smallest absolute Gasteiger partial charge is 0.295 e. The molecule has 156 valence electrons. The molecule has 1 aromatic carbocycles. The minimum Gasteiger partial charge on any atom is -0.394 e. The number of nitrogens with zero attached hydrogens (tertiary/aromatic N) is 4. The molecule has 10 heteroatoms. The Morgan fingerprint density at radius 3 is 2.53 bits per heavy atom. The topological polar surface area (TPSA) is 126 Å². The van der Waals surface area contributed by atoms with Crippen LogP contribution in [0, 0.1) is 21.8 Å². The molecule has 0 amide bonds. The van der Waals surface area contributed by atoms with E-state index < -0.39 is 16.4 Å². The zero-order chi connectivity index (χ0) is 21.7. The zero-order valence-corrected chi connectivity index (χ0v) is 16.4. The van der Waals surface area contributed by atoms with Crippen molar-refractivity contribution in [2.45, 2.75) is 19.9 Å². The van der Waals surface area contributed by atoms with Crippen molar-refractivity contribution < 1.29 is 14.4 Å². The molecule has 30 heavy (non-hydrogen) atoms. The number of aliphatic hydroxyl groups excluding tert-OH is 1. The van der Waals surface area contributed by atoms with Gasteiger partial charge >= 0.3 is 0 Å². The molecule has 0 bridgehead atoms. The molecular weight excluding hydrogens is 391 g/mol. The molecular formula is C20H21FN6O3. The van der Waals surface area contributed by atoms with Crippen LogP contribution in [0.25, 0.3) is 11.3 Å². The van der Waals surface area contributed by atoms with Gasteiger partial charge in [0, 0.05) is 24.0 Å². The molecule has 0 fully saturated rings. The van der Waals surface area contributed by atoms with Gasteiger partial charge in [0.1, 0.15) is 17.3 Å². The molecule has 0 spiro atoms. The summed E-state index contributed by atoms with van der Waals surface area (Å²) in [6.07, 6.45) is 3.24. The van der Waals surface area contributed by atoms with Gasteiger partial charge in [0.25, 0.3) is 5.69 Å². The van der Waals surface area contributed by atoms with Crippen molar-refractivity contribution in [2.24, 2.45) is 5.92 Å². The molecule has 0 aliphatic carbocycles. The van der Waals surface area contributed by atoms with Crippen LogP contribution in [0.2, 0.25) is 0 Å². The third-order valence-electron chi connectivity index (χ3n) is 4.44. The maximum absolute atomic E-state index is 13.5. The molecule has 3 rings (SSSR count). The van der Waals surface area contributed by atoms with Crippen molar-refractivity contribution in [3.05, 3.63) is 64.7 Å². The van der Waals surface area contributed by atoms with E-state index in [0.29, 0.717) is 5.69 Å². The van der Waals surface area contributed by atoms with E-state index in [1.807, 2.05) is 13.8 Å². The molecule has 0 aliphatic rings. The molecule has 9 nitrogen and oxygen atoms in total. The van der Waals surface area contributed by atoms with E-state index in [4.69, 9.17) is 0 Å². The van der Waals surface area contributed by atoms with Crippen LogP contribution in [0.1, 0.15) is 13.8 Å². The van der Waals surface area contributed by atoms with Crippen molar-refractivity contribution in [3.8, 4) is 11.3 Å². The monoisotopic (exact) mass is 412 g/mol. The summed E-state index contributed by atoms with van der Waals surface area (Å²) in [5.74, 6) is -0.0888. The van der Waals surface area contributed by atoms with Crippen LogP contribution >= 0.6 is 0 Å². The molecule has 0 unspecified atom stereocenters. The summed E-state index contributed by atoms with van der Waals surface area (Å²) in [5.41, 5.74) is 0.984. The first-order valence-corrected chi connectivity index (χ1v) is 9.25. The van der Waals surface area contributed by atoms with E-state index in [1.165, 1.54) is 6.07 Å². The summed E-state index contributed by atoms with van der Waals surface area (Å²) in [7, 11) is 0. The number of benzene rings is 1. The number of aliphatic hydroxyl groups is 1. The summed E-state index contributed by atoms with van der Waals surface area (Å²) >= 11 is 0. The summed E-state index contributed by atoms with van der Waals surface area (Å²) < 4.78 is 13.5. The number of rotatable bonds is 8. The predicted molar refractivity (Wildman–Crippen MR) is 111 cm³/mol. The lowest BCUT2D eigenvalue weighted by atomic mass is 10.1. The molecule has 3 aromatic rings. The largest absolute Gasteiger partial charge is 0.394 e. The number of aromatic nitrogens is 3. The van der Waals surface area contributed by atoms with Gasteiger partial charge in [-0.05, 0) is 30.2 Å². The average Bonchev–Trinajstić information content (AvgIpc) is 2.73. The fourth-order valence-electron chi connectivity index (χ4n) is 2.73. The number of nitrogens with one attached hydrogen (secondary N) is 2. The Balaban J connectivity index is 2.03. The summed E-state index contributed by atoms with van der Waals surface area (Å²) in [6, 6.07) is 8.11. The Labute approximate surface area is 172 Å². The SMILES string of the molecule is CC(C)[C@@H](CO)Nc1nc(Nc2ccc(F)cc2[N+](=O)[O-])cc(-c2ccncc2)n1. The maximum Gasteiger partial charge on any atom is 0.295 e. The first-order valence-electron chi connectivity index (χ1n) is 9.25. The van der Waals surface area contributed by atoms with Crippen molar-refractivity contribution in [3.63, 3.8) is 0 Å². The number of anilines is 3. The number of nitro groups is 1. The lowest BCUT2D eigenvalue weighted by Crippen LogP contribution is -2.30. The fraction of sp³-hybridized carbons (Fsp3) is 0.250. The maximum atomic E-state index is 13.5. The van der Waals surface area contributed by atoms with Crippen LogP contribution in [-0.2, 0) is 0 Å². The molecule has 0 saturated heterocycles. The Morgan fingerprint density at radius 2 is 1.90 bits per heavy atom. The highest BCUT2D eigenvalue weighted by molar-refractivity contribution is 5.71. The number of hydrogen-bond acceptors (Lipinski definition) is 8. The second-order valence-corrected chi connectivity index (χ2v) is 6.92. The quantitative estimate of drug-likeness (QED) is 0.377. The predicted octanol–water partition coefficient (Wildman–Crippen LogP) is 3.76. The number of halogens is 1. The second-order valence-electron chi connectivity index (χ2n) is 6.92. The van der Waals surface area contributed by atoms with Crippen LogP contribution in [0.4, 0.5) is 27.5 Å². The molecule has 3 N–H and O–H groups in total. The van der Waals surface area contributed by atoms with Crippen molar-refractivity contribution in [2.75, 3.05) is 17.2 Å². The van der Waals surface area contributed by atoms with E-state index in [-0.39, 0.29) is 36.0 Å². The zero-order valence-electron chi connectivity index (χ0n) is 16.4. The molecule has 0 aliphatic heterocycles. The third kappa shape index (κ3) is 5.03. The molecule has 1 atom stereocenters. The second kappa shape index (κ2) is 9.23. The van der Waals surface area contributed by atoms with E-state index in [9.17, 15) is 19.6 Å². The Morgan fingerprint density at radius 1 is 1.17 bits per heavy atom. The van der Waals surface area contributed by atoms with Gasteiger partial charge in [-0.15, -0.1) is 0 Å². The normalized spacial score (nSPS) is 11.9. The lowest BCUT2D eigenvalue weighted by molar-refractivity contribution is -0.384. The molecule has 0 radical (unpaired) electrons. The van der Waals surface area contributed by atoms with E-state index in [1.54, 1.807) is 30.6 Å². The lowest BCUT2D eigenvalue weighted by Gasteiger charge is -2.20. The Kier molecular flexibility index (Phi) is 6.48. The highest BCUT2D eigenvalue weighted by atomic mass is 19.1. The number of hydrogen-bond donors (Lipinski definition) is 3. The standard InChI is InChI=1S/C20H21FN6O3/c1-12(2)17(11-28)25-20-24-16(13-5-7-22-8-6-13)10-19(26-20)23-15-4-3-14(21)9-18(15)27(29)30/h3-10,12,17,28H,11H2,1-2H3,(H2,23,24,25,26)/t17-/m1/s1. The molecule has 0 saturated carbocycles. The van der Waals surface area contributed by atoms with E-state index >= 15 is 0 Å². The van der Waals surface area contributed by atoms with Gasteiger partial charge in [0.2, 0.25) is 5.95 Å². The Hall–Kier alpha value is -3.66. The van der Waals surface area contributed by atoms with Crippen LogP contribution in [0.15, 0.2) is 48.8 Å². The van der Waals surface area contributed by atoms with Crippen LogP contribution in [0.3, 0.4) is 0 Å².